The van der Waals surface area contributed by atoms with Crippen LogP contribution in [-0.4, -0.2) is 15.9 Å². The predicted octanol–water partition coefficient (Wildman–Crippen LogP) is 1.93. The summed E-state index contributed by atoms with van der Waals surface area (Å²) in [7, 11) is 0. The van der Waals surface area contributed by atoms with Gasteiger partial charge in [-0.05, 0) is 36.1 Å². The molecule has 0 bridgehead atoms. The van der Waals surface area contributed by atoms with E-state index in [1.165, 1.54) is 0 Å². The standard InChI is InChI=1S/C14H10F3N3O2/c15-6-1-2-10(16)8(3-6)7-4-9(7)13(21)19-12-11(17)5-18-14(22)20-12/h1-3,5,7,9H,4H2,(H2,18,19,20,21,22)/t7-,9-/m0/s1. The molecule has 0 saturated heterocycles. The highest BCUT2D eigenvalue weighted by Crippen LogP contribution is 2.48. The minimum Gasteiger partial charge on any atom is -0.309 e. The number of carbonyl (C=O) groups is 1. The number of carbonyl (C=O) groups excluding carboxylic acids is 1. The topological polar surface area (TPSA) is 74.8 Å². The van der Waals surface area contributed by atoms with E-state index in [0.29, 0.717) is 12.6 Å². The Hall–Kier alpha value is -2.64. The van der Waals surface area contributed by atoms with Crippen molar-refractivity contribution in [2.75, 3.05) is 5.32 Å². The van der Waals surface area contributed by atoms with E-state index in [0.717, 1.165) is 18.2 Å². The molecular weight excluding hydrogens is 299 g/mol. The lowest BCUT2D eigenvalue weighted by Crippen LogP contribution is -2.21. The van der Waals surface area contributed by atoms with Gasteiger partial charge in [0.15, 0.2) is 11.6 Å². The summed E-state index contributed by atoms with van der Waals surface area (Å²) in [4.78, 5) is 28.2. The van der Waals surface area contributed by atoms with Gasteiger partial charge in [-0.1, -0.05) is 0 Å². The molecule has 0 unspecified atom stereocenters. The zero-order valence-electron chi connectivity index (χ0n) is 11.1. The number of hydrogen-bond donors (Lipinski definition) is 2. The van der Waals surface area contributed by atoms with Crippen molar-refractivity contribution in [2.45, 2.75) is 12.3 Å². The number of H-pyrrole nitrogens is 1. The van der Waals surface area contributed by atoms with E-state index in [1.807, 2.05) is 0 Å². The van der Waals surface area contributed by atoms with Gasteiger partial charge < -0.3 is 5.32 Å². The minimum atomic E-state index is -0.887. The second-order valence-corrected chi connectivity index (χ2v) is 5.02. The maximum absolute atomic E-state index is 13.6. The Kier molecular flexibility index (Phi) is 3.44. The van der Waals surface area contributed by atoms with Crippen molar-refractivity contribution in [1.29, 1.82) is 0 Å². The molecule has 0 radical (unpaired) electrons. The first-order valence-electron chi connectivity index (χ1n) is 6.46. The number of aromatic nitrogens is 2. The highest BCUT2D eigenvalue weighted by molar-refractivity contribution is 5.94. The van der Waals surface area contributed by atoms with Gasteiger partial charge in [0.1, 0.15) is 11.6 Å². The predicted molar refractivity (Wildman–Crippen MR) is 70.7 cm³/mol. The van der Waals surface area contributed by atoms with Crippen molar-refractivity contribution >= 4 is 11.7 Å². The lowest BCUT2D eigenvalue weighted by Gasteiger charge is -2.06. The van der Waals surface area contributed by atoms with Crippen LogP contribution >= 0.6 is 0 Å². The number of rotatable bonds is 3. The Morgan fingerprint density at radius 1 is 1.27 bits per heavy atom. The summed E-state index contributed by atoms with van der Waals surface area (Å²) < 4.78 is 40.2. The normalized spacial score (nSPS) is 19.8. The van der Waals surface area contributed by atoms with Gasteiger partial charge in [0.2, 0.25) is 5.91 Å². The first-order chi connectivity index (χ1) is 10.5. The molecule has 5 nitrogen and oxygen atoms in total. The summed E-state index contributed by atoms with van der Waals surface area (Å²) in [6.45, 7) is 0. The van der Waals surface area contributed by atoms with Gasteiger partial charge in [-0.3, -0.25) is 9.78 Å². The largest absolute Gasteiger partial charge is 0.346 e. The fourth-order valence-electron chi connectivity index (χ4n) is 2.31. The van der Waals surface area contributed by atoms with Gasteiger partial charge in [0.25, 0.3) is 0 Å². The second-order valence-electron chi connectivity index (χ2n) is 5.02. The lowest BCUT2D eigenvalue weighted by molar-refractivity contribution is -0.117. The van der Waals surface area contributed by atoms with E-state index < -0.39 is 46.7 Å². The van der Waals surface area contributed by atoms with Gasteiger partial charge >= 0.3 is 5.69 Å². The maximum Gasteiger partial charge on any atom is 0.346 e. The first-order valence-corrected chi connectivity index (χ1v) is 6.46. The lowest BCUT2D eigenvalue weighted by atomic mass is 10.1. The van der Waals surface area contributed by atoms with Crippen LogP contribution in [0.4, 0.5) is 19.0 Å². The monoisotopic (exact) mass is 309 g/mol. The number of amides is 1. The third-order valence-electron chi connectivity index (χ3n) is 3.50. The number of hydrogen-bond acceptors (Lipinski definition) is 3. The molecule has 1 heterocycles. The minimum absolute atomic E-state index is 0.115. The third-order valence-corrected chi connectivity index (χ3v) is 3.50. The molecule has 2 aromatic rings. The summed E-state index contributed by atoms with van der Waals surface area (Å²) in [6, 6.07) is 3.04. The molecule has 1 aromatic carbocycles. The Morgan fingerprint density at radius 3 is 2.82 bits per heavy atom. The average Bonchev–Trinajstić information content (AvgIpc) is 3.26. The number of benzene rings is 1. The molecule has 2 N–H and O–H groups in total. The maximum atomic E-state index is 13.6. The number of halogens is 3. The van der Waals surface area contributed by atoms with E-state index in [1.54, 1.807) is 0 Å². The zero-order valence-corrected chi connectivity index (χ0v) is 11.1. The highest BCUT2D eigenvalue weighted by Gasteiger charge is 2.45. The number of anilines is 1. The van der Waals surface area contributed by atoms with Crippen LogP contribution < -0.4 is 11.0 Å². The van der Waals surface area contributed by atoms with Crippen molar-refractivity contribution in [3.8, 4) is 0 Å². The van der Waals surface area contributed by atoms with Gasteiger partial charge in [-0.25, -0.2) is 18.0 Å². The van der Waals surface area contributed by atoms with Crippen molar-refractivity contribution < 1.29 is 18.0 Å². The molecule has 1 aliphatic carbocycles. The molecule has 1 fully saturated rings. The third kappa shape index (κ3) is 2.72. The number of aromatic amines is 1. The molecule has 1 aliphatic rings. The molecule has 22 heavy (non-hydrogen) atoms. The van der Waals surface area contributed by atoms with Crippen LogP contribution in [0.1, 0.15) is 17.9 Å². The van der Waals surface area contributed by atoms with Crippen molar-refractivity contribution in [3.05, 3.63) is 57.9 Å². The van der Waals surface area contributed by atoms with E-state index in [4.69, 9.17) is 0 Å². The highest BCUT2D eigenvalue weighted by atomic mass is 19.1. The fourth-order valence-corrected chi connectivity index (χ4v) is 2.31. The SMILES string of the molecule is O=C(Nc1[nH]c(=O)ncc1F)[C@H]1C[C@H]1c1cc(F)ccc1F. The molecule has 0 spiro atoms. The van der Waals surface area contributed by atoms with E-state index >= 15 is 0 Å². The molecule has 8 heteroatoms. The van der Waals surface area contributed by atoms with E-state index in [9.17, 15) is 22.8 Å². The molecule has 2 atom stereocenters. The number of nitrogens with zero attached hydrogens (tertiary/aromatic N) is 1. The Morgan fingerprint density at radius 2 is 2.05 bits per heavy atom. The molecular formula is C14H10F3N3O2. The van der Waals surface area contributed by atoms with Crippen LogP contribution in [0.25, 0.3) is 0 Å². The summed E-state index contributed by atoms with van der Waals surface area (Å²) in [5, 5.41) is 2.22. The van der Waals surface area contributed by atoms with Crippen LogP contribution in [-0.2, 0) is 4.79 Å². The Labute approximate surface area is 122 Å². The smallest absolute Gasteiger partial charge is 0.309 e. The number of nitrogens with one attached hydrogen (secondary N) is 2. The Bertz CT molecular complexity index is 806. The fraction of sp³-hybridized carbons (Fsp3) is 0.214. The molecule has 1 saturated carbocycles. The molecule has 0 aliphatic heterocycles. The van der Waals surface area contributed by atoms with Crippen LogP contribution in [0.15, 0.2) is 29.2 Å². The van der Waals surface area contributed by atoms with Gasteiger partial charge in [-0.2, -0.15) is 4.98 Å². The van der Waals surface area contributed by atoms with E-state index in [-0.39, 0.29) is 5.56 Å². The van der Waals surface area contributed by atoms with Crippen LogP contribution in [0, 0.1) is 23.4 Å². The summed E-state index contributed by atoms with van der Waals surface area (Å²) in [5.74, 6) is -4.11. The summed E-state index contributed by atoms with van der Waals surface area (Å²) in [6.07, 6.45) is 1.01. The quantitative estimate of drug-likeness (QED) is 0.909. The van der Waals surface area contributed by atoms with Crippen molar-refractivity contribution in [2.24, 2.45) is 5.92 Å². The molecule has 114 valence electrons. The second kappa shape index (κ2) is 5.28. The summed E-state index contributed by atoms with van der Waals surface area (Å²) in [5.41, 5.74) is -0.691. The Balaban J connectivity index is 1.74. The molecule has 1 aromatic heterocycles. The first kappa shape index (κ1) is 14.3. The molecule has 3 rings (SSSR count). The van der Waals surface area contributed by atoms with E-state index in [2.05, 4.69) is 15.3 Å². The van der Waals surface area contributed by atoms with Crippen LogP contribution in [0.3, 0.4) is 0 Å². The van der Waals surface area contributed by atoms with Crippen molar-refractivity contribution in [3.63, 3.8) is 0 Å². The van der Waals surface area contributed by atoms with Gasteiger partial charge in [0.05, 0.1) is 6.20 Å². The van der Waals surface area contributed by atoms with Crippen molar-refractivity contribution in [1.82, 2.24) is 9.97 Å². The zero-order chi connectivity index (χ0) is 15.9. The van der Waals surface area contributed by atoms with Crippen LogP contribution in [0.5, 0.6) is 0 Å². The van der Waals surface area contributed by atoms with Crippen LogP contribution in [0.2, 0.25) is 0 Å². The van der Waals surface area contributed by atoms with Gasteiger partial charge in [-0.15, -0.1) is 0 Å². The average molecular weight is 309 g/mol. The summed E-state index contributed by atoms with van der Waals surface area (Å²) >= 11 is 0. The molecule has 1 amide bonds. The van der Waals surface area contributed by atoms with Gasteiger partial charge in [0, 0.05) is 5.92 Å².